The lowest BCUT2D eigenvalue weighted by molar-refractivity contribution is -0.128. The van der Waals surface area contributed by atoms with E-state index in [1.54, 1.807) is 0 Å². The number of rotatable bonds is 4. The quantitative estimate of drug-likeness (QED) is 0.724. The largest absolute Gasteiger partial charge is 0.481 e. The topological polar surface area (TPSA) is 100 Å². The second kappa shape index (κ2) is 7.21. The maximum Gasteiger partial charge on any atom is 0.279 e. The van der Waals surface area contributed by atoms with Crippen molar-refractivity contribution in [1.29, 1.82) is 0 Å². The predicted molar refractivity (Wildman–Crippen MR) is 79.2 cm³/mol. The minimum absolute atomic E-state index is 0.139. The SMILES string of the molecule is C[C@@H](Oc1ccc(F)cc1)C(=O)NNC(=O)c1ccc[nH]c1=O. The second-order valence-electron chi connectivity index (χ2n) is 4.57. The average Bonchev–Trinajstić information content (AvgIpc) is 2.54. The van der Waals surface area contributed by atoms with Gasteiger partial charge in [-0.3, -0.25) is 25.2 Å². The number of amides is 2. The van der Waals surface area contributed by atoms with Gasteiger partial charge in [-0.05, 0) is 43.3 Å². The van der Waals surface area contributed by atoms with E-state index >= 15 is 0 Å². The molecule has 1 aromatic carbocycles. The molecule has 0 spiro atoms. The molecule has 0 aliphatic rings. The van der Waals surface area contributed by atoms with Crippen molar-refractivity contribution in [3.8, 4) is 5.75 Å². The zero-order valence-electron chi connectivity index (χ0n) is 12.1. The van der Waals surface area contributed by atoms with Crippen LogP contribution >= 0.6 is 0 Å². The Labute approximate surface area is 130 Å². The zero-order chi connectivity index (χ0) is 16.8. The number of carbonyl (C=O) groups is 2. The highest BCUT2D eigenvalue weighted by molar-refractivity contribution is 5.95. The highest BCUT2D eigenvalue weighted by Gasteiger charge is 2.16. The molecule has 3 N–H and O–H groups in total. The van der Waals surface area contributed by atoms with E-state index < -0.39 is 29.3 Å². The zero-order valence-corrected chi connectivity index (χ0v) is 12.1. The van der Waals surface area contributed by atoms with Crippen molar-refractivity contribution in [3.05, 3.63) is 64.3 Å². The molecule has 0 fully saturated rings. The Balaban J connectivity index is 1.89. The Bertz CT molecular complexity index is 758. The van der Waals surface area contributed by atoms with Gasteiger partial charge in [0.2, 0.25) is 0 Å². The van der Waals surface area contributed by atoms with Gasteiger partial charge >= 0.3 is 0 Å². The van der Waals surface area contributed by atoms with E-state index in [1.165, 1.54) is 49.5 Å². The maximum atomic E-state index is 12.8. The number of H-pyrrole nitrogens is 1. The van der Waals surface area contributed by atoms with Crippen LogP contribution in [0.4, 0.5) is 4.39 Å². The van der Waals surface area contributed by atoms with Crippen molar-refractivity contribution in [1.82, 2.24) is 15.8 Å². The molecule has 0 aliphatic heterocycles. The van der Waals surface area contributed by atoms with Crippen LogP contribution in [0.25, 0.3) is 0 Å². The van der Waals surface area contributed by atoms with Gasteiger partial charge in [-0.25, -0.2) is 4.39 Å². The molecule has 2 amide bonds. The van der Waals surface area contributed by atoms with Gasteiger partial charge in [0.15, 0.2) is 6.10 Å². The monoisotopic (exact) mass is 319 g/mol. The van der Waals surface area contributed by atoms with Crippen molar-refractivity contribution in [2.45, 2.75) is 13.0 Å². The molecule has 0 radical (unpaired) electrons. The van der Waals surface area contributed by atoms with Crippen LogP contribution in [-0.2, 0) is 4.79 Å². The summed E-state index contributed by atoms with van der Waals surface area (Å²) >= 11 is 0. The molecular formula is C15H14FN3O4. The molecule has 0 bridgehead atoms. The molecule has 2 rings (SSSR count). The van der Waals surface area contributed by atoms with E-state index in [0.29, 0.717) is 5.75 Å². The molecule has 1 atom stereocenters. The predicted octanol–water partition coefficient (Wildman–Crippen LogP) is 0.742. The van der Waals surface area contributed by atoms with Crippen LogP contribution in [0.2, 0.25) is 0 Å². The lowest BCUT2D eigenvalue weighted by Crippen LogP contribution is -2.48. The molecule has 1 heterocycles. The van der Waals surface area contributed by atoms with E-state index in [2.05, 4.69) is 15.8 Å². The third-order valence-corrected chi connectivity index (χ3v) is 2.86. The van der Waals surface area contributed by atoms with E-state index in [4.69, 9.17) is 4.74 Å². The molecule has 8 heteroatoms. The highest BCUT2D eigenvalue weighted by Crippen LogP contribution is 2.12. The molecule has 0 saturated heterocycles. The van der Waals surface area contributed by atoms with E-state index in [9.17, 15) is 18.8 Å². The van der Waals surface area contributed by atoms with Gasteiger partial charge in [-0.1, -0.05) is 0 Å². The van der Waals surface area contributed by atoms with Gasteiger partial charge in [0, 0.05) is 6.20 Å². The van der Waals surface area contributed by atoms with Gasteiger partial charge in [0.25, 0.3) is 17.4 Å². The molecule has 120 valence electrons. The van der Waals surface area contributed by atoms with Crippen LogP contribution in [-0.4, -0.2) is 22.9 Å². The number of carbonyl (C=O) groups excluding carboxylic acids is 2. The van der Waals surface area contributed by atoms with Gasteiger partial charge in [-0.2, -0.15) is 0 Å². The second-order valence-corrected chi connectivity index (χ2v) is 4.57. The molecule has 0 aliphatic carbocycles. The van der Waals surface area contributed by atoms with Crippen molar-refractivity contribution in [3.63, 3.8) is 0 Å². The molecule has 2 aromatic rings. The fraction of sp³-hybridized carbons (Fsp3) is 0.133. The standard InChI is InChI=1S/C15H14FN3O4/c1-9(23-11-6-4-10(16)5-7-11)13(20)18-19-15(22)12-3-2-8-17-14(12)21/h2-9H,1H3,(H,17,21)(H,18,20)(H,19,22)/t9-/m1/s1. The minimum atomic E-state index is -0.935. The van der Waals surface area contributed by atoms with Crippen LogP contribution in [0.15, 0.2) is 47.4 Å². The molecular weight excluding hydrogens is 305 g/mol. The van der Waals surface area contributed by atoms with Crippen molar-refractivity contribution in [2.24, 2.45) is 0 Å². The number of nitrogens with one attached hydrogen (secondary N) is 3. The summed E-state index contributed by atoms with van der Waals surface area (Å²) in [6.45, 7) is 1.46. The Morgan fingerprint density at radius 3 is 2.52 bits per heavy atom. The average molecular weight is 319 g/mol. The van der Waals surface area contributed by atoms with Crippen LogP contribution in [0.5, 0.6) is 5.75 Å². The number of halogens is 1. The van der Waals surface area contributed by atoms with Crippen LogP contribution in [0.1, 0.15) is 17.3 Å². The summed E-state index contributed by atoms with van der Waals surface area (Å²) in [5.74, 6) is -1.50. The molecule has 1 aromatic heterocycles. The van der Waals surface area contributed by atoms with Crippen LogP contribution < -0.4 is 21.1 Å². The van der Waals surface area contributed by atoms with E-state index in [0.717, 1.165) is 0 Å². The summed E-state index contributed by atoms with van der Waals surface area (Å²) in [7, 11) is 0. The number of hydrogen-bond acceptors (Lipinski definition) is 4. The number of hydrazine groups is 1. The maximum absolute atomic E-state index is 12.8. The van der Waals surface area contributed by atoms with Gasteiger partial charge in [-0.15, -0.1) is 0 Å². The summed E-state index contributed by atoms with van der Waals surface area (Å²) < 4.78 is 18.1. The first-order valence-corrected chi connectivity index (χ1v) is 6.67. The van der Waals surface area contributed by atoms with Gasteiger partial charge in [0.05, 0.1) is 0 Å². The van der Waals surface area contributed by atoms with E-state index in [-0.39, 0.29) is 5.56 Å². The van der Waals surface area contributed by atoms with Crippen molar-refractivity contribution < 1.29 is 18.7 Å². The third-order valence-electron chi connectivity index (χ3n) is 2.86. The number of hydrogen-bond donors (Lipinski definition) is 3. The minimum Gasteiger partial charge on any atom is -0.481 e. The summed E-state index contributed by atoms with van der Waals surface area (Å²) in [6.07, 6.45) is 0.450. The Morgan fingerprint density at radius 2 is 1.87 bits per heavy atom. The summed E-state index contributed by atoms with van der Waals surface area (Å²) in [5.41, 5.74) is 3.55. The summed E-state index contributed by atoms with van der Waals surface area (Å²) in [4.78, 5) is 37.4. The van der Waals surface area contributed by atoms with Gasteiger partial charge in [0.1, 0.15) is 17.1 Å². The first-order valence-electron chi connectivity index (χ1n) is 6.67. The fourth-order valence-electron chi connectivity index (χ4n) is 1.66. The molecule has 7 nitrogen and oxygen atoms in total. The smallest absolute Gasteiger partial charge is 0.279 e. The first kappa shape index (κ1) is 16.2. The number of aromatic amines is 1. The van der Waals surface area contributed by atoms with Crippen LogP contribution in [0.3, 0.4) is 0 Å². The van der Waals surface area contributed by atoms with Crippen molar-refractivity contribution in [2.75, 3.05) is 0 Å². The summed E-state index contributed by atoms with van der Waals surface area (Å²) in [5, 5.41) is 0. The molecule has 23 heavy (non-hydrogen) atoms. The third kappa shape index (κ3) is 4.40. The lowest BCUT2D eigenvalue weighted by atomic mass is 10.3. The van der Waals surface area contributed by atoms with Gasteiger partial charge < -0.3 is 9.72 Å². The van der Waals surface area contributed by atoms with E-state index in [1.807, 2.05) is 0 Å². The van der Waals surface area contributed by atoms with Crippen molar-refractivity contribution >= 4 is 11.8 Å². The fourth-order valence-corrected chi connectivity index (χ4v) is 1.66. The summed E-state index contributed by atoms with van der Waals surface area (Å²) in [6, 6.07) is 7.95. The normalized spacial score (nSPS) is 11.4. The number of ether oxygens (including phenoxy) is 1. The van der Waals surface area contributed by atoms with Crippen LogP contribution in [0, 0.1) is 5.82 Å². The number of aromatic nitrogens is 1. The first-order chi connectivity index (χ1) is 11.0. The number of benzene rings is 1. The number of pyridine rings is 1. The Morgan fingerprint density at radius 1 is 1.17 bits per heavy atom. The Hall–Kier alpha value is -3.16. The highest BCUT2D eigenvalue weighted by atomic mass is 19.1. The molecule has 0 saturated carbocycles. The molecule has 0 unspecified atom stereocenters. The lowest BCUT2D eigenvalue weighted by Gasteiger charge is -2.15. The Kier molecular flexibility index (Phi) is 5.08.